The Morgan fingerprint density at radius 2 is 1.79 bits per heavy atom. The van der Waals surface area contributed by atoms with E-state index in [1.807, 2.05) is 18.2 Å². The second-order valence-electron chi connectivity index (χ2n) is 10.7. The topological polar surface area (TPSA) is 138 Å². The van der Waals surface area contributed by atoms with Crippen LogP contribution in [0.5, 0.6) is 5.75 Å². The highest BCUT2D eigenvalue weighted by atomic mass is 31.2. The third kappa shape index (κ3) is 7.40. The van der Waals surface area contributed by atoms with Crippen molar-refractivity contribution >= 4 is 18.9 Å². The van der Waals surface area contributed by atoms with E-state index in [1.54, 1.807) is 76.0 Å². The number of ether oxygens (including phenoxy) is 1. The number of hydrogen-bond donors (Lipinski definition) is 2. The first-order valence-corrected chi connectivity index (χ1v) is 13.9. The lowest BCUT2D eigenvalue weighted by atomic mass is 10.1. The summed E-state index contributed by atoms with van der Waals surface area (Å²) >= 11 is 0. The number of aliphatic hydroxyl groups is 1. The van der Waals surface area contributed by atoms with Crippen molar-refractivity contribution in [3.8, 4) is 22.6 Å². The predicted molar refractivity (Wildman–Crippen MR) is 147 cm³/mol. The van der Waals surface area contributed by atoms with Gasteiger partial charge in [0.15, 0.2) is 5.65 Å². The summed E-state index contributed by atoms with van der Waals surface area (Å²) in [6, 6.07) is 10.9. The van der Waals surface area contributed by atoms with Crippen molar-refractivity contribution in [1.29, 1.82) is 0 Å². The molecule has 0 spiro atoms. The lowest BCUT2D eigenvalue weighted by Gasteiger charge is -2.22. The first kappa shape index (κ1) is 28.7. The van der Waals surface area contributed by atoms with Crippen LogP contribution in [-0.4, -0.2) is 46.9 Å². The van der Waals surface area contributed by atoms with Gasteiger partial charge in [-0.05, 0) is 64.4 Å². The Morgan fingerprint density at radius 3 is 2.41 bits per heavy atom. The van der Waals surface area contributed by atoms with E-state index < -0.39 is 31.3 Å². The molecule has 0 aliphatic carbocycles. The summed E-state index contributed by atoms with van der Waals surface area (Å²) in [4.78, 5) is 32.3. The first-order valence-electron chi connectivity index (χ1n) is 12.4. The SMILES string of the molecule is CC(C)(O)CCOc1ccc(-c2cn(-c3cccnc3)c3ncn(COP(=O)(O)OC(C)(C)C)c(=O)c23)cc1. The third-order valence-corrected chi connectivity index (χ3v) is 6.81. The molecule has 12 heteroatoms. The van der Waals surface area contributed by atoms with Gasteiger partial charge in [0.25, 0.3) is 5.56 Å². The number of benzene rings is 1. The Labute approximate surface area is 226 Å². The van der Waals surface area contributed by atoms with Crippen LogP contribution >= 0.6 is 7.82 Å². The molecule has 1 aromatic carbocycles. The monoisotopic (exact) mass is 556 g/mol. The Morgan fingerprint density at radius 1 is 1.08 bits per heavy atom. The molecule has 0 bridgehead atoms. The molecule has 0 radical (unpaired) electrons. The Kier molecular flexibility index (Phi) is 8.11. The Bertz CT molecular complexity index is 1540. The van der Waals surface area contributed by atoms with E-state index >= 15 is 0 Å². The van der Waals surface area contributed by atoms with Crippen molar-refractivity contribution in [3.05, 3.63) is 71.7 Å². The molecule has 0 aliphatic heterocycles. The van der Waals surface area contributed by atoms with E-state index in [4.69, 9.17) is 13.8 Å². The van der Waals surface area contributed by atoms with Gasteiger partial charge in [-0.25, -0.2) is 9.55 Å². The largest absolute Gasteiger partial charge is 0.493 e. The zero-order valence-electron chi connectivity index (χ0n) is 22.6. The zero-order chi connectivity index (χ0) is 28.4. The molecule has 208 valence electrons. The van der Waals surface area contributed by atoms with E-state index in [0.717, 1.165) is 10.1 Å². The zero-order valence-corrected chi connectivity index (χ0v) is 23.5. The second-order valence-corrected chi connectivity index (χ2v) is 12.1. The van der Waals surface area contributed by atoms with Crippen LogP contribution < -0.4 is 10.3 Å². The number of rotatable bonds is 10. The van der Waals surface area contributed by atoms with Gasteiger partial charge >= 0.3 is 7.82 Å². The van der Waals surface area contributed by atoms with E-state index in [9.17, 15) is 19.4 Å². The lowest BCUT2D eigenvalue weighted by Crippen LogP contribution is -2.23. The number of aromatic nitrogens is 4. The molecule has 0 saturated heterocycles. The highest BCUT2D eigenvalue weighted by Crippen LogP contribution is 2.47. The van der Waals surface area contributed by atoms with Gasteiger partial charge in [-0.2, -0.15) is 0 Å². The molecule has 0 fully saturated rings. The minimum absolute atomic E-state index is 0.296. The normalized spacial score (nSPS) is 13.9. The molecule has 1 unspecified atom stereocenters. The summed E-state index contributed by atoms with van der Waals surface area (Å²) in [5.74, 6) is 0.625. The van der Waals surface area contributed by atoms with Crippen LogP contribution in [0.15, 0.2) is 66.1 Å². The fraction of sp³-hybridized carbons (Fsp3) is 0.370. The second kappa shape index (κ2) is 11.0. The van der Waals surface area contributed by atoms with Crippen LogP contribution in [0.3, 0.4) is 0 Å². The molecule has 11 nitrogen and oxygen atoms in total. The maximum Gasteiger partial charge on any atom is 0.474 e. The fourth-order valence-electron chi connectivity index (χ4n) is 3.81. The van der Waals surface area contributed by atoms with Gasteiger partial charge in [-0.1, -0.05) is 12.1 Å². The van der Waals surface area contributed by atoms with Crippen LogP contribution in [0.2, 0.25) is 0 Å². The molecular weight excluding hydrogens is 523 g/mol. The van der Waals surface area contributed by atoms with Crippen LogP contribution in [0, 0.1) is 0 Å². The lowest BCUT2D eigenvalue weighted by molar-refractivity contribution is 0.0478. The third-order valence-electron chi connectivity index (χ3n) is 5.59. The quantitative estimate of drug-likeness (QED) is 0.267. The molecule has 1 atom stereocenters. The van der Waals surface area contributed by atoms with Gasteiger partial charge in [-0.3, -0.25) is 28.0 Å². The van der Waals surface area contributed by atoms with Crippen molar-refractivity contribution in [2.45, 2.75) is 59.0 Å². The summed E-state index contributed by atoms with van der Waals surface area (Å²) in [5.41, 5.74) is 0.227. The molecular formula is C27H33N4O7P. The van der Waals surface area contributed by atoms with E-state index in [2.05, 4.69) is 9.97 Å². The van der Waals surface area contributed by atoms with Gasteiger partial charge in [0, 0.05) is 24.4 Å². The molecule has 2 N–H and O–H groups in total. The van der Waals surface area contributed by atoms with E-state index in [-0.39, 0.29) is 0 Å². The Hall–Kier alpha value is -3.34. The first-order chi connectivity index (χ1) is 18.2. The van der Waals surface area contributed by atoms with Crippen molar-refractivity contribution in [2.75, 3.05) is 6.61 Å². The van der Waals surface area contributed by atoms with Gasteiger partial charge in [-0.15, -0.1) is 0 Å². The van der Waals surface area contributed by atoms with E-state index in [1.165, 1.54) is 6.33 Å². The maximum atomic E-state index is 13.6. The van der Waals surface area contributed by atoms with Gasteiger partial charge in [0.2, 0.25) is 0 Å². The summed E-state index contributed by atoms with van der Waals surface area (Å²) in [6.07, 6.45) is 6.84. The van der Waals surface area contributed by atoms with Crippen LogP contribution in [0.4, 0.5) is 0 Å². The van der Waals surface area contributed by atoms with Crippen molar-refractivity contribution in [3.63, 3.8) is 0 Å². The molecule has 39 heavy (non-hydrogen) atoms. The Balaban J connectivity index is 1.71. The summed E-state index contributed by atoms with van der Waals surface area (Å²) in [5, 5.41) is 10.2. The molecule has 4 rings (SSSR count). The summed E-state index contributed by atoms with van der Waals surface area (Å²) < 4.78 is 31.2. The van der Waals surface area contributed by atoms with Gasteiger partial charge in [0.1, 0.15) is 18.8 Å². The van der Waals surface area contributed by atoms with Gasteiger partial charge in [0.05, 0.1) is 35.1 Å². The number of phosphoric ester groups is 1. The number of nitrogens with zero attached hydrogens (tertiary/aromatic N) is 4. The average molecular weight is 557 g/mol. The van der Waals surface area contributed by atoms with Crippen molar-refractivity contribution < 1.29 is 28.3 Å². The van der Waals surface area contributed by atoms with Crippen LogP contribution in [-0.2, 0) is 20.3 Å². The number of hydrogen-bond acceptors (Lipinski definition) is 8. The standard InChI is InChI=1S/C27H33N4O7P/c1-26(2,3)38-39(34,35)37-18-30-17-29-24-23(25(30)32)22(16-31(24)20-7-6-13-28-15-20)19-8-10-21(11-9-19)36-14-12-27(4,5)33/h6-11,13,15-17,33H,12,14,18H2,1-5H3,(H,34,35). The maximum absolute atomic E-state index is 13.6. The van der Waals surface area contributed by atoms with Gasteiger partial charge < -0.3 is 14.7 Å². The molecule has 3 heterocycles. The molecule has 3 aromatic heterocycles. The minimum atomic E-state index is -4.43. The minimum Gasteiger partial charge on any atom is -0.493 e. The highest BCUT2D eigenvalue weighted by Gasteiger charge is 2.29. The molecule has 0 amide bonds. The number of phosphoric acid groups is 1. The van der Waals surface area contributed by atoms with Crippen LogP contribution in [0.1, 0.15) is 41.0 Å². The number of pyridine rings is 1. The fourth-order valence-corrected chi connectivity index (χ4v) is 4.83. The smallest absolute Gasteiger partial charge is 0.474 e. The summed E-state index contributed by atoms with van der Waals surface area (Å²) in [6.45, 7) is 8.13. The summed E-state index contributed by atoms with van der Waals surface area (Å²) in [7, 11) is -4.43. The van der Waals surface area contributed by atoms with Crippen molar-refractivity contribution in [2.24, 2.45) is 0 Å². The average Bonchev–Trinajstić information content (AvgIpc) is 3.23. The molecule has 0 aliphatic rings. The molecule has 4 aromatic rings. The van der Waals surface area contributed by atoms with E-state index in [0.29, 0.717) is 41.1 Å². The highest BCUT2D eigenvalue weighted by molar-refractivity contribution is 7.47. The van der Waals surface area contributed by atoms with Crippen LogP contribution in [0.25, 0.3) is 27.8 Å². The molecule has 0 saturated carbocycles. The van der Waals surface area contributed by atoms with Crippen molar-refractivity contribution in [1.82, 2.24) is 19.1 Å². The predicted octanol–water partition coefficient (Wildman–Crippen LogP) is 4.68. The number of fused-ring (bicyclic) bond motifs is 1.